The summed E-state index contributed by atoms with van der Waals surface area (Å²) in [7, 11) is 1.60. The molecule has 0 saturated carbocycles. The molecule has 1 aliphatic rings. The van der Waals surface area contributed by atoms with Crippen LogP contribution in [0.2, 0.25) is 0 Å². The van der Waals surface area contributed by atoms with Crippen LogP contribution in [0, 0.1) is 17.2 Å². The Bertz CT molecular complexity index is 669. The van der Waals surface area contributed by atoms with E-state index in [1.165, 1.54) is 18.2 Å². The van der Waals surface area contributed by atoms with Crippen molar-refractivity contribution < 1.29 is 22.6 Å². The van der Waals surface area contributed by atoms with Gasteiger partial charge in [0.25, 0.3) is 0 Å². The molecule has 0 bridgehead atoms. The summed E-state index contributed by atoms with van der Waals surface area (Å²) in [5.74, 6) is -0.0241. The van der Waals surface area contributed by atoms with Crippen molar-refractivity contribution in [1.82, 2.24) is 10.6 Å². The molecule has 2 unspecified atom stereocenters. The Balaban J connectivity index is 0.00000420. The number of nitrogens with one attached hydrogen (secondary N) is 2. The van der Waals surface area contributed by atoms with Crippen molar-refractivity contribution in [3.63, 3.8) is 0 Å². The van der Waals surface area contributed by atoms with Gasteiger partial charge in [-0.25, -0.2) is 4.39 Å². The quantitative estimate of drug-likeness (QED) is 0.323. The van der Waals surface area contributed by atoms with Gasteiger partial charge in [0, 0.05) is 38.2 Å². The zero-order valence-electron chi connectivity index (χ0n) is 17.3. The normalized spacial score (nSPS) is 20.2. The highest BCUT2D eigenvalue weighted by molar-refractivity contribution is 14.0. The number of halogens is 4. The highest BCUT2D eigenvalue weighted by Crippen LogP contribution is 2.33. The number of ether oxygens (including phenoxy) is 2. The van der Waals surface area contributed by atoms with Gasteiger partial charge in [0.15, 0.2) is 5.96 Å². The molecule has 5 nitrogen and oxygen atoms in total. The molecule has 0 amide bonds. The van der Waals surface area contributed by atoms with Crippen LogP contribution >= 0.6 is 24.0 Å². The molecule has 1 aromatic rings. The van der Waals surface area contributed by atoms with E-state index in [1.807, 2.05) is 0 Å². The number of alkyl halides is 2. The van der Waals surface area contributed by atoms with Crippen molar-refractivity contribution in [3.8, 4) is 5.75 Å². The predicted molar refractivity (Wildman–Crippen MR) is 119 cm³/mol. The van der Waals surface area contributed by atoms with E-state index in [-0.39, 0.29) is 53.4 Å². The molecular formula is C20H31F3IN3O2. The highest BCUT2D eigenvalue weighted by Gasteiger charge is 2.35. The summed E-state index contributed by atoms with van der Waals surface area (Å²) in [6.07, 6.45) is 2.18. The number of aliphatic imine (C=N–C) groups is 1. The topological polar surface area (TPSA) is 54.9 Å². The van der Waals surface area contributed by atoms with Crippen molar-refractivity contribution in [2.45, 2.75) is 52.9 Å². The van der Waals surface area contributed by atoms with Crippen LogP contribution in [0.25, 0.3) is 0 Å². The first-order chi connectivity index (χ1) is 13.2. The molecule has 0 spiro atoms. The van der Waals surface area contributed by atoms with E-state index in [2.05, 4.69) is 41.1 Å². The van der Waals surface area contributed by atoms with Crippen LogP contribution < -0.4 is 15.4 Å². The van der Waals surface area contributed by atoms with Crippen molar-refractivity contribution in [2.24, 2.45) is 16.3 Å². The SMILES string of the molecule is CN=C(NCc1c(F)cccc1OC(F)F)NCC1CCCOC1C(C)(C)C.I. The van der Waals surface area contributed by atoms with Crippen LogP contribution in [0.3, 0.4) is 0 Å². The fraction of sp³-hybridized carbons (Fsp3) is 0.650. The first kappa shape index (κ1) is 25.8. The van der Waals surface area contributed by atoms with Gasteiger partial charge >= 0.3 is 6.61 Å². The second kappa shape index (κ2) is 11.8. The minimum atomic E-state index is -3.02. The molecule has 1 saturated heterocycles. The monoisotopic (exact) mass is 529 g/mol. The lowest BCUT2D eigenvalue weighted by Gasteiger charge is -2.40. The zero-order chi connectivity index (χ0) is 20.7. The van der Waals surface area contributed by atoms with Crippen LogP contribution in [0.4, 0.5) is 13.2 Å². The average molecular weight is 529 g/mol. The maximum absolute atomic E-state index is 14.1. The molecule has 166 valence electrons. The number of guanidine groups is 1. The molecule has 1 fully saturated rings. The summed E-state index contributed by atoms with van der Waals surface area (Å²) in [6, 6.07) is 3.86. The second-order valence-corrected chi connectivity index (χ2v) is 7.96. The lowest BCUT2D eigenvalue weighted by atomic mass is 9.78. The Morgan fingerprint density at radius 1 is 1.31 bits per heavy atom. The first-order valence-electron chi connectivity index (χ1n) is 9.50. The molecule has 2 atom stereocenters. The number of rotatable bonds is 6. The van der Waals surface area contributed by atoms with E-state index in [4.69, 9.17) is 4.74 Å². The van der Waals surface area contributed by atoms with E-state index in [1.54, 1.807) is 7.05 Å². The standard InChI is InChI=1S/C20H30F3N3O2.HI/c1-20(2,3)17-13(7-6-10-27-17)11-25-19(24-4)26-12-14-15(21)8-5-9-16(14)28-18(22)23;/h5,8-9,13,17-18H,6-7,10-12H2,1-4H3,(H2,24,25,26);1H. The summed E-state index contributed by atoms with van der Waals surface area (Å²) in [4.78, 5) is 4.14. The maximum Gasteiger partial charge on any atom is 0.387 e. The number of benzene rings is 1. The number of nitrogens with zero attached hydrogens (tertiary/aromatic N) is 1. The van der Waals surface area contributed by atoms with Gasteiger partial charge in [-0.05, 0) is 30.4 Å². The smallest absolute Gasteiger partial charge is 0.387 e. The predicted octanol–water partition coefficient (Wildman–Crippen LogP) is 4.55. The lowest BCUT2D eigenvalue weighted by Crippen LogP contribution is -2.47. The average Bonchev–Trinajstić information content (AvgIpc) is 2.62. The van der Waals surface area contributed by atoms with Gasteiger partial charge in [0.1, 0.15) is 11.6 Å². The molecule has 1 aliphatic heterocycles. The fourth-order valence-electron chi connectivity index (χ4n) is 3.55. The minimum Gasteiger partial charge on any atom is -0.434 e. The zero-order valence-corrected chi connectivity index (χ0v) is 19.6. The summed E-state index contributed by atoms with van der Waals surface area (Å²) < 4.78 is 49.5. The molecule has 9 heteroatoms. The Labute approximate surface area is 187 Å². The van der Waals surface area contributed by atoms with Crippen LogP contribution in [0.15, 0.2) is 23.2 Å². The molecule has 2 rings (SSSR count). The van der Waals surface area contributed by atoms with E-state index < -0.39 is 12.4 Å². The lowest BCUT2D eigenvalue weighted by molar-refractivity contribution is -0.0835. The van der Waals surface area contributed by atoms with E-state index in [9.17, 15) is 13.2 Å². The van der Waals surface area contributed by atoms with Crippen LogP contribution in [-0.2, 0) is 11.3 Å². The van der Waals surface area contributed by atoms with Crippen molar-refractivity contribution in [1.29, 1.82) is 0 Å². The van der Waals surface area contributed by atoms with Crippen molar-refractivity contribution in [2.75, 3.05) is 20.2 Å². The second-order valence-electron chi connectivity index (χ2n) is 7.96. The third kappa shape index (κ3) is 7.84. The van der Waals surface area contributed by atoms with Crippen LogP contribution in [0.1, 0.15) is 39.2 Å². The molecule has 1 aromatic carbocycles. The van der Waals surface area contributed by atoms with E-state index >= 15 is 0 Å². The highest BCUT2D eigenvalue weighted by atomic mass is 127. The Morgan fingerprint density at radius 3 is 2.66 bits per heavy atom. The molecular weight excluding hydrogens is 498 g/mol. The molecule has 0 aromatic heterocycles. The first-order valence-corrected chi connectivity index (χ1v) is 9.50. The largest absolute Gasteiger partial charge is 0.434 e. The minimum absolute atomic E-state index is 0. The van der Waals surface area contributed by atoms with Gasteiger partial charge in [-0.15, -0.1) is 24.0 Å². The third-order valence-corrected chi connectivity index (χ3v) is 4.78. The van der Waals surface area contributed by atoms with Gasteiger partial charge in [-0.1, -0.05) is 26.8 Å². The van der Waals surface area contributed by atoms with Crippen LogP contribution in [0.5, 0.6) is 5.75 Å². The van der Waals surface area contributed by atoms with E-state index in [0.29, 0.717) is 18.4 Å². The fourth-order valence-corrected chi connectivity index (χ4v) is 3.55. The number of hydrogen-bond acceptors (Lipinski definition) is 3. The Morgan fingerprint density at radius 2 is 2.03 bits per heavy atom. The number of hydrogen-bond donors (Lipinski definition) is 2. The summed E-state index contributed by atoms with van der Waals surface area (Å²) in [5, 5.41) is 6.21. The molecule has 0 aliphatic carbocycles. The Hall–Kier alpha value is -1.23. The van der Waals surface area contributed by atoms with Gasteiger partial charge in [-0.2, -0.15) is 8.78 Å². The third-order valence-electron chi connectivity index (χ3n) is 4.78. The van der Waals surface area contributed by atoms with Gasteiger partial charge < -0.3 is 20.1 Å². The van der Waals surface area contributed by atoms with Crippen LogP contribution in [-0.4, -0.2) is 38.9 Å². The molecule has 1 heterocycles. The van der Waals surface area contributed by atoms with Crippen molar-refractivity contribution in [3.05, 3.63) is 29.6 Å². The van der Waals surface area contributed by atoms with Gasteiger partial charge in [0.05, 0.1) is 6.10 Å². The van der Waals surface area contributed by atoms with E-state index in [0.717, 1.165) is 19.4 Å². The molecule has 2 N–H and O–H groups in total. The van der Waals surface area contributed by atoms with Gasteiger partial charge in [0.2, 0.25) is 0 Å². The molecule has 29 heavy (non-hydrogen) atoms. The van der Waals surface area contributed by atoms with Gasteiger partial charge in [-0.3, -0.25) is 4.99 Å². The summed E-state index contributed by atoms with van der Waals surface area (Å²) >= 11 is 0. The van der Waals surface area contributed by atoms with Crippen molar-refractivity contribution >= 4 is 29.9 Å². The summed E-state index contributed by atoms with van der Waals surface area (Å²) in [6.45, 7) is 4.85. The maximum atomic E-state index is 14.1. The molecule has 0 radical (unpaired) electrons. The Kier molecular flexibility index (Phi) is 10.5. The summed E-state index contributed by atoms with van der Waals surface area (Å²) in [5.41, 5.74) is 0.0533.